The number of likely N-dealkylation sites (N-methyl/N-ethyl adjacent to an activating group) is 1. The molecule has 0 spiro atoms. The molecular formula is C14H21N3O4S. The van der Waals surface area contributed by atoms with E-state index < -0.39 is 12.1 Å². The van der Waals surface area contributed by atoms with Gasteiger partial charge in [-0.1, -0.05) is 13.8 Å². The molecule has 0 saturated carbocycles. The quantitative estimate of drug-likeness (QED) is 0.816. The molecule has 0 aliphatic carbocycles. The first-order valence-electron chi connectivity index (χ1n) is 7.14. The molecular weight excluding hydrogens is 306 g/mol. The van der Waals surface area contributed by atoms with Crippen molar-refractivity contribution in [1.82, 2.24) is 14.8 Å². The van der Waals surface area contributed by atoms with E-state index in [9.17, 15) is 14.7 Å². The lowest BCUT2D eigenvalue weighted by Gasteiger charge is -2.24. The van der Waals surface area contributed by atoms with Crippen LogP contribution in [-0.4, -0.2) is 75.7 Å². The molecule has 8 heteroatoms. The number of carbonyl (C=O) groups excluding carboxylic acids is 1. The number of carboxylic acids is 1. The molecule has 1 aromatic heterocycles. The van der Waals surface area contributed by atoms with E-state index in [0.29, 0.717) is 12.2 Å². The van der Waals surface area contributed by atoms with Crippen LogP contribution in [0.1, 0.15) is 35.3 Å². The lowest BCUT2D eigenvalue weighted by atomic mass is 10.2. The third-order valence-corrected chi connectivity index (χ3v) is 4.88. The van der Waals surface area contributed by atoms with Crippen molar-refractivity contribution in [3.63, 3.8) is 0 Å². The van der Waals surface area contributed by atoms with Gasteiger partial charge in [0.15, 0.2) is 0 Å². The highest BCUT2D eigenvalue weighted by molar-refractivity contribution is 7.09. The average molecular weight is 327 g/mol. The third kappa shape index (κ3) is 3.63. The Labute approximate surface area is 133 Å². The van der Waals surface area contributed by atoms with Crippen LogP contribution in [0.4, 0.5) is 0 Å². The van der Waals surface area contributed by atoms with Crippen LogP contribution in [0.2, 0.25) is 0 Å². The van der Waals surface area contributed by atoms with Crippen LogP contribution in [0.15, 0.2) is 5.38 Å². The molecule has 1 unspecified atom stereocenters. The number of hydrogen-bond donors (Lipinski definition) is 2. The Kier molecular flexibility index (Phi) is 5.15. The molecule has 0 radical (unpaired) electrons. The number of aromatic nitrogens is 1. The van der Waals surface area contributed by atoms with Crippen LogP contribution in [0.3, 0.4) is 0 Å². The van der Waals surface area contributed by atoms with E-state index >= 15 is 0 Å². The highest BCUT2D eigenvalue weighted by atomic mass is 32.1. The zero-order valence-electron chi connectivity index (χ0n) is 12.9. The number of thiazole rings is 1. The molecule has 22 heavy (non-hydrogen) atoms. The highest BCUT2D eigenvalue weighted by Gasteiger charge is 2.37. The topological polar surface area (TPSA) is 94.0 Å². The zero-order chi connectivity index (χ0) is 16.4. The first kappa shape index (κ1) is 16.9. The van der Waals surface area contributed by atoms with Gasteiger partial charge in [0.05, 0.1) is 23.7 Å². The monoisotopic (exact) mass is 327 g/mol. The summed E-state index contributed by atoms with van der Waals surface area (Å²) in [5.41, 5.74) is 0.391. The van der Waals surface area contributed by atoms with Gasteiger partial charge in [-0.2, -0.15) is 0 Å². The molecule has 0 bridgehead atoms. The summed E-state index contributed by atoms with van der Waals surface area (Å²) in [5.74, 6) is -0.904. The van der Waals surface area contributed by atoms with Crippen LogP contribution >= 0.6 is 11.3 Å². The molecule has 1 saturated heterocycles. The Bertz CT molecular complexity index is 560. The number of amides is 1. The van der Waals surface area contributed by atoms with Gasteiger partial charge in [0.2, 0.25) is 0 Å². The second kappa shape index (κ2) is 6.72. The molecule has 2 N–H and O–H groups in total. The maximum Gasteiger partial charge on any atom is 0.317 e. The summed E-state index contributed by atoms with van der Waals surface area (Å²) in [7, 11) is 1.63. The Morgan fingerprint density at radius 3 is 2.73 bits per heavy atom. The van der Waals surface area contributed by atoms with Crippen molar-refractivity contribution in [2.24, 2.45) is 0 Å². The Morgan fingerprint density at radius 1 is 1.50 bits per heavy atom. The number of carboxylic acid groups (broad SMARTS) is 1. The summed E-state index contributed by atoms with van der Waals surface area (Å²) in [5, 5.41) is 21.6. The summed E-state index contributed by atoms with van der Waals surface area (Å²) >= 11 is 1.45. The van der Waals surface area contributed by atoms with E-state index in [0.717, 1.165) is 5.01 Å². The van der Waals surface area contributed by atoms with Crippen molar-refractivity contribution in [3.8, 4) is 0 Å². The molecule has 2 atom stereocenters. The van der Waals surface area contributed by atoms with E-state index in [-0.39, 0.29) is 31.0 Å². The molecule has 1 aliphatic heterocycles. The Balaban J connectivity index is 2.04. The summed E-state index contributed by atoms with van der Waals surface area (Å²) in [6.45, 7) is 4.37. The SMILES string of the molecule is CC(C)c1nc(C(=O)N2CC(N(C)CC(=O)O)[C@H](O)C2)cs1. The number of β-amino-alcohol motifs (C(OH)–C–C–N with tert-alkyl or cyclic N) is 1. The van der Waals surface area contributed by atoms with Crippen LogP contribution < -0.4 is 0 Å². The maximum absolute atomic E-state index is 12.4. The summed E-state index contributed by atoms with van der Waals surface area (Å²) in [6.07, 6.45) is -0.753. The molecule has 7 nitrogen and oxygen atoms in total. The summed E-state index contributed by atoms with van der Waals surface area (Å²) in [6, 6.07) is -0.372. The lowest BCUT2D eigenvalue weighted by Crippen LogP contribution is -2.43. The first-order valence-corrected chi connectivity index (χ1v) is 8.02. The van der Waals surface area contributed by atoms with Crippen molar-refractivity contribution in [2.75, 3.05) is 26.7 Å². The number of nitrogens with zero attached hydrogens (tertiary/aromatic N) is 3. The van der Waals surface area contributed by atoms with Crippen LogP contribution in [-0.2, 0) is 4.79 Å². The van der Waals surface area contributed by atoms with Gasteiger partial charge in [0, 0.05) is 24.4 Å². The predicted molar refractivity (Wildman–Crippen MR) is 82.2 cm³/mol. The molecule has 0 aromatic carbocycles. The second-order valence-electron chi connectivity index (χ2n) is 5.88. The van der Waals surface area contributed by atoms with Crippen LogP contribution in [0.5, 0.6) is 0 Å². The molecule has 2 heterocycles. The number of aliphatic hydroxyl groups excluding tert-OH is 1. The zero-order valence-corrected chi connectivity index (χ0v) is 13.7. The minimum atomic E-state index is -0.958. The molecule has 1 aliphatic rings. The van der Waals surface area contributed by atoms with Gasteiger partial charge in [-0.05, 0) is 7.05 Å². The lowest BCUT2D eigenvalue weighted by molar-refractivity contribution is -0.138. The fraction of sp³-hybridized carbons (Fsp3) is 0.643. The summed E-state index contributed by atoms with van der Waals surface area (Å²) in [4.78, 5) is 30.6. The van der Waals surface area contributed by atoms with Crippen molar-refractivity contribution in [1.29, 1.82) is 0 Å². The van der Waals surface area contributed by atoms with Crippen molar-refractivity contribution in [3.05, 3.63) is 16.1 Å². The maximum atomic E-state index is 12.4. The molecule has 1 amide bonds. The number of rotatable bonds is 5. The van der Waals surface area contributed by atoms with Crippen molar-refractivity contribution < 1.29 is 19.8 Å². The number of carbonyl (C=O) groups is 2. The van der Waals surface area contributed by atoms with Gasteiger partial charge >= 0.3 is 5.97 Å². The number of likely N-dealkylation sites (tertiary alicyclic amines) is 1. The van der Waals surface area contributed by atoms with Gasteiger partial charge in [-0.25, -0.2) is 4.98 Å². The minimum Gasteiger partial charge on any atom is -0.480 e. The van der Waals surface area contributed by atoms with E-state index in [1.807, 2.05) is 13.8 Å². The highest BCUT2D eigenvalue weighted by Crippen LogP contribution is 2.22. The van der Waals surface area contributed by atoms with E-state index in [4.69, 9.17) is 5.11 Å². The number of aliphatic hydroxyl groups is 1. The predicted octanol–water partition coefficient (Wildman–Crippen LogP) is 0.468. The number of hydrogen-bond acceptors (Lipinski definition) is 6. The van der Waals surface area contributed by atoms with Gasteiger partial charge in [0.25, 0.3) is 5.91 Å². The molecule has 2 rings (SSSR count). The molecule has 1 fully saturated rings. The molecule has 1 aromatic rings. The first-order chi connectivity index (χ1) is 10.3. The molecule has 122 valence electrons. The average Bonchev–Trinajstić information content (AvgIpc) is 3.03. The fourth-order valence-electron chi connectivity index (χ4n) is 2.51. The fourth-order valence-corrected chi connectivity index (χ4v) is 3.32. The summed E-state index contributed by atoms with van der Waals surface area (Å²) < 4.78 is 0. The largest absolute Gasteiger partial charge is 0.480 e. The van der Waals surface area contributed by atoms with Gasteiger partial charge in [-0.15, -0.1) is 11.3 Å². The van der Waals surface area contributed by atoms with Gasteiger partial charge in [0.1, 0.15) is 5.69 Å². The second-order valence-corrected chi connectivity index (χ2v) is 6.77. The minimum absolute atomic E-state index is 0.169. The van der Waals surface area contributed by atoms with E-state index in [1.54, 1.807) is 17.3 Å². The van der Waals surface area contributed by atoms with Crippen LogP contribution in [0, 0.1) is 0 Å². The van der Waals surface area contributed by atoms with Crippen molar-refractivity contribution >= 4 is 23.2 Å². The van der Waals surface area contributed by atoms with E-state index in [2.05, 4.69) is 4.98 Å². The number of aliphatic carboxylic acids is 1. The Hall–Kier alpha value is -1.51. The van der Waals surface area contributed by atoms with E-state index in [1.165, 1.54) is 16.2 Å². The Morgan fingerprint density at radius 2 is 2.18 bits per heavy atom. The van der Waals surface area contributed by atoms with Gasteiger partial charge in [-0.3, -0.25) is 14.5 Å². The van der Waals surface area contributed by atoms with Crippen LogP contribution in [0.25, 0.3) is 0 Å². The van der Waals surface area contributed by atoms with Crippen molar-refractivity contribution in [2.45, 2.75) is 31.9 Å². The van der Waals surface area contributed by atoms with Gasteiger partial charge < -0.3 is 15.1 Å². The third-order valence-electron chi connectivity index (χ3n) is 3.73. The normalized spacial score (nSPS) is 21.8. The smallest absolute Gasteiger partial charge is 0.317 e. The standard InChI is InChI=1S/C14H21N3O4S/c1-8(2)13-15-9(7-22-13)14(21)17-4-10(11(18)5-17)16(3)6-12(19)20/h7-8,10-11,18H,4-6H2,1-3H3,(H,19,20)/t10?,11-/m1/s1.